The number of halogens is 1. The SMILES string of the molecule is Cc1ccc(Cn2ncc(CNC(C)C)c2C)c(Cl)c1. The smallest absolute Gasteiger partial charge is 0.0677 e. The molecule has 0 unspecified atom stereocenters. The molecule has 0 saturated carbocycles. The summed E-state index contributed by atoms with van der Waals surface area (Å²) in [7, 11) is 0. The summed E-state index contributed by atoms with van der Waals surface area (Å²) < 4.78 is 2.01. The summed E-state index contributed by atoms with van der Waals surface area (Å²) >= 11 is 6.29. The predicted molar refractivity (Wildman–Crippen MR) is 84.2 cm³/mol. The van der Waals surface area contributed by atoms with E-state index in [-0.39, 0.29) is 0 Å². The minimum absolute atomic E-state index is 0.476. The maximum absolute atomic E-state index is 6.29. The maximum Gasteiger partial charge on any atom is 0.0677 e. The third-order valence-corrected chi connectivity index (χ3v) is 3.79. The highest BCUT2D eigenvalue weighted by molar-refractivity contribution is 6.31. The average Bonchev–Trinajstić information content (AvgIpc) is 2.72. The van der Waals surface area contributed by atoms with E-state index in [4.69, 9.17) is 11.6 Å². The Bertz CT molecular complexity index is 587. The fourth-order valence-corrected chi connectivity index (χ4v) is 2.37. The third-order valence-electron chi connectivity index (χ3n) is 3.43. The van der Waals surface area contributed by atoms with Crippen molar-refractivity contribution in [3.05, 3.63) is 51.8 Å². The Morgan fingerprint density at radius 3 is 2.65 bits per heavy atom. The van der Waals surface area contributed by atoms with Gasteiger partial charge < -0.3 is 5.32 Å². The zero-order valence-corrected chi connectivity index (χ0v) is 13.3. The molecule has 0 aliphatic carbocycles. The molecule has 2 rings (SSSR count). The largest absolute Gasteiger partial charge is 0.310 e. The topological polar surface area (TPSA) is 29.9 Å². The van der Waals surface area contributed by atoms with Crippen LogP contribution in [0.3, 0.4) is 0 Å². The van der Waals surface area contributed by atoms with Gasteiger partial charge in [-0.1, -0.05) is 37.6 Å². The van der Waals surface area contributed by atoms with Crippen molar-refractivity contribution in [2.24, 2.45) is 0 Å². The molecular formula is C16H22ClN3. The minimum Gasteiger partial charge on any atom is -0.310 e. The number of hydrogen-bond acceptors (Lipinski definition) is 2. The Hall–Kier alpha value is -1.32. The van der Waals surface area contributed by atoms with Gasteiger partial charge in [0.25, 0.3) is 0 Å². The lowest BCUT2D eigenvalue weighted by Gasteiger charge is -2.10. The van der Waals surface area contributed by atoms with Crippen molar-refractivity contribution in [2.45, 2.75) is 46.8 Å². The van der Waals surface area contributed by atoms with Crippen LogP contribution in [-0.4, -0.2) is 15.8 Å². The summed E-state index contributed by atoms with van der Waals surface area (Å²) in [6.45, 7) is 10.0. The molecule has 3 nitrogen and oxygen atoms in total. The minimum atomic E-state index is 0.476. The summed E-state index contributed by atoms with van der Waals surface area (Å²) in [5.74, 6) is 0. The van der Waals surface area contributed by atoms with Gasteiger partial charge in [0.1, 0.15) is 0 Å². The summed E-state index contributed by atoms with van der Waals surface area (Å²) in [6, 6.07) is 6.63. The number of nitrogens with zero attached hydrogens (tertiary/aromatic N) is 2. The van der Waals surface area contributed by atoms with Crippen LogP contribution in [0.4, 0.5) is 0 Å². The molecule has 1 aromatic heterocycles. The Morgan fingerprint density at radius 2 is 2.00 bits per heavy atom. The van der Waals surface area contributed by atoms with E-state index in [1.165, 1.54) is 16.8 Å². The first kappa shape index (κ1) is 15.1. The number of rotatable bonds is 5. The first-order chi connectivity index (χ1) is 9.47. The van der Waals surface area contributed by atoms with Gasteiger partial charge >= 0.3 is 0 Å². The van der Waals surface area contributed by atoms with E-state index in [1.54, 1.807) is 0 Å². The molecule has 0 atom stereocenters. The van der Waals surface area contributed by atoms with Crippen LogP contribution in [0.2, 0.25) is 5.02 Å². The van der Waals surface area contributed by atoms with E-state index in [9.17, 15) is 0 Å². The molecule has 0 fully saturated rings. The zero-order valence-electron chi connectivity index (χ0n) is 12.6. The van der Waals surface area contributed by atoms with Gasteiger partial charge in [-0.2, -0.15) is 5.10 Å². The van der Waals surface area contributed by atoms with Crippen molar-refractivity contribution < 1.29 is 0 Å². The summed E-state index contributed by atoms with van der Waals surface area (Å²) in [5.41, 5.74) is 4.71. The van der Waals surface area contributed by atoms with Crippen LogP contribution >= 0.6 is 11.6 Å². The summed E-state index contributed by atoms with van der Waals surface area (Å²) in [4.78, 5) is 0. The standard InChI is InChI=1S/C16H22ClN3/c1-11(2)18-8-15-9-19-20(13(15)4)10-14-6-5-12(3)7-16(14)17/h5-7,9,11,18H,8,10H2,1-4H3. The third kappa shape index (κ3) is 3.62. The normalized spacial score (nSPS) is 11.3. The fraction of sp³-hybridized carbons (Fsp3) is 0.438. The van der Waals surface area contributed by atoms with E-state index in [2.05, 4.69) is 43.3 Å². The average molecular weight is 292 g/mol. The number of hydrogen-bond donors (Lipinski definition) is 1. The van der Waals surface area contributed by atoms with Crippen LogP contribution in [0.5, 0.6) is 0 Å². The van der Waals surface area contributed by atoms with E-state index in [0.717, 1.165) is 17.1 Å². The van der Waals surface area contributed by atoms with Gasteiger partial charge in [-0.3, -0.25) is 4.68 Å². The van der Waals surface area contributed by atoms with Crippen LogP contribution in [-0.2, 0) is 13.1 Å². The van der Waals surface area contributed by atoms with Gasteiger partial charge in [0, 0.05) is 28.9 Å². The first-order valence-corrected chi connectivity index (χ1v) is 7.35. The first-order valence-electron chi connectivity index (χ1n) is 6.97. The molecule has 1 N–H and O–H groups in total. The predicted octanol–water partition coefficient (Wildman–Crippen LogP) is 3.70. The second-order valence-corrected chi connectivity index (χ2v) is 5.95. The monoisotopic (exact) mass is 291 g/mol. The summed E-state index contributed by atoms with van der Waals surface area (Å²) in [6.07, 6.45) is 1.94. The van der Waals surface area contributed by atoms with Crippen molar-refractivity contribution in [3.63, 3.8) is 0 Å². The molecule has 0 radical (unpaired) electrons. The fourth-order valence-electron chi connectivity index (χ4n) is 2.07. The van der Waals surface area contributed by atoms with Gasteiger partial charge in [-0.05, 0) is 31.0 Å². The molecule has 0 aliphatic rings. The quantitative estimate of drug-likeness (QED) is 0.910. The molecule has 20 heavy (non-hydrogen) atoms. The Labute approximate surface area is 126 Å². The van der Waals surface area contributed by atoms with Crippen LogP contribution in [0, 0.1) is 13.8 Å². The van der Waals surface area contributed by atoms with Gasteiger partial charge in [0.15, 0.2) is 0 Å². The van der Waals surface area contributed by atoms with Crippen LogP contribution in [0.1, 0.15) is 36.2 Å². The second kappa shape index (κ2) is 6.42. The van der Waals surface area contributed by atoms with Crippen molar-refractivity contribution in [2.75, 3.05) is 0 Å². The lowest BCUT2D eigenvalue weighted by molar-refractivity contribution is 0.585. The molecule has 0 aliphatic heterocycles. The number of nitrogens with one attached hydrogen (secondary N) is 1. The Morgan fingerprint density at radius 1 is 1.25 bits per heavy atom. The van der Waals surface area contributed by atoms with Gasteiger partial charge in [-0.25, -0.2) is 0 Å². The lowest BCUT2D eigenvalue weighted by Crippen LogP contribution is -2.22. The van der Waals surface area contributed by atoms with Gasteiger partial charge in [0.2, 0.25) is 0 Å². The molecule has 0 bridgehead atoms. The van der Waals surface area contributed by atoms with E-state index >= 15 is 0 Å². The van der Waals surface area contributed by atoms with Crippen molar-refractivity contribution >= 4 is 11.6 Å². The van der Waals surface area contributed by atoms with E-state index in [1.807, 2.05) is 23.9 Å². The Kier molecular flexibility index (Phi) is 4.84. The molecule has 1 heterocycles. The number of aromatic nitrogens is 2. The van der Waals surface area contributed by atoms with E-state index in [0.29, 0.717) is 12.6 Å². The maximum atomic E-state index is 6.29. The highest BCUT2D eigenvalue weighted by Crippen LogP contribution is 2.19. The molecule has 0 saturated heterocycles. The molecule has 0 amide bonds. The molecule has 1 aromatic carbocycles. The highest BCUT2D eigenvalue weighted by Gasteiger charge is 2.09. The van der Waals surface area contributed by atoms with Crippen molar-refractivity contribution in [1.82, 2.24) is 15.1 Å². The second-order valence-electron chi connectivity index (χ2n) is 5.54. The summed E-state index contributed by atoms with van der Waals surface area (Å²) in [5, 5.41) is 8.70. The van der Waals surface area contributed by atoms with Crippen LogP contribution in [0.25, 0.3) is 0 Å². The van der Waals surface area contributed by atoms with Gasteiger partial charge in [-0.15, -0.1) is 0 Å². The van der Waals surface area contributed by atoms with E-state index < -0.39 is 0 Å². The van der Waals surface area contributed by atoms with Crippen molar-refractivity contribution in [1.29, 1.82) is 0 Å². The molecular weight excluding hydrogens is 270 g/mol. The molecule has 4 heteroatoms. The van der Waals surface area contributed by atoms with Gasteiger partial charge in [0.05, 0.1) is 12.7 Å². The number of aryl methyl sites for hydroxylation is 1. The highest BCUT2D eigenvalue weighted by atomic mass is 35.5. The molecule has 0 spiro atoms. The van der Waals surface area contributed by atoms with Crippen molar-refractivity contribution in [3.8, 4) is 0 Å². The van der Waals surface area contributed by atoms with Crippen LogP contribution in [0.15, 0.2) is 24.4 Å². The lowest BCUT2D eigenvalue weighted by atomic mass is 10.1. The Balaban J connectivity index is 2.14. The molecule has 2 aromatic rings. The van der Waals surface area contributed by atoms with Crippen LogP contribution < -0.4 is 5.32 Å². The number of benzene rings is 1. The zero-order chi connectivity index (χ0) is 14.7. The molecule has 108 valence electrons.